The summed E-state index contributed by atoms with van der Waals surface area (Å²) in [7, 11) is 4.04. The number of nitrogens with one attached hydrogen (secondary N) is 1. The van der Waals surface area contributed by atoms with E-state index in [1.54, 1.807) is 6.92 Å². The number of ether oxygens (including phenoxy) is 1. The number of aromatic nitrogens is 4. The smallest absolute Gasteiger partial charge is 0.346 e. The number of rotatable bonds is 6. The molecule has 1 aliphatic heterocycles. The number of pyridine rings is 1. The number of amides is 2. The first-order chi connectivity index (χ1) is 23.3. The molecule has 2 aliphatic rings. The lowest BCUT2D eigenvalue weighted by Crippen LogP contribution is -2.48. The summed E-state index contributed by atoms with van der Waals surface area (Å²) >= 11 is 6.89. The topological polar surface area (TPSA) is 132 Å². The minimum Gasteiger partial charge on any atom is -0.481 e. The molecule has 6 rings (SSSR count). The van der Waals surface area contributed by atoms with E-state index < -0.39 is 34.5 Å². The number of anilines is 1. The van der Waals surface area contributed by atoms with Crippen molar-refractivity contribution >= 4 is 29.1 Å². The summed E-state index contributed by atoms with van der Waals surface area (Å²) in [6.07, 6.45) is 1.58. The summed E-state index contributed by atoms with van der Waals surface area (Å²) < 4.78 is 38.6. The summed E-state index contributed by atoms with van der Waals surface area (Å²) in [4.78, 5) is 58.5. The summed E-state index contributed by atoms with van der Waals surface area (Å²) in [5.41, 5.74) is 0.345. The van der Waals surface area contributed by atoms with Crippen molar-refractivity contribution in [3.8, 4) is 28.3 Å². The number of methoxy groups -OCH3 is 1. The largest absolute Gasteiger partial charge is 0.481 e. The molecule has 1 saturated heterocycles. The van der Waals surface area contributed by atoms with Gasteiger partial charge in [-0.3, -0.25) is 23.9 Å². The zero-order valence-corrected chi connectivity index (χ0v) is 28.3. The van der Waals surface area contributed by atoms with Crippen molar-refractivity contribution in [2.24, 2.45) is 14.1 Å². The van der Waals surface area contributed by atoms with E-state index in [0.29, 0.717) is 30.2 Å². The Morgan fingerprint density at radius 3 is 2.37 bits per heavy atom. The number of hydrogen-bond donors (Lipinski definition) is 1. The SMILES string of the molecule is COc1nc(-c2ccc(F)c(-c3c(F)ccc(NC(=O)c4nn(C)c(=O)n(C)c4=O)c3C)c2Cl)cc2c1C(N1CCN(C(C)=O)CC1)CC2. The van der Waals surface area contributed by atoms with Crippen LogP contribution in [-0.4, -0.2) is 74.2 Å². The molecule has 0 saturated carbocycles. The lowest BCUT2D eigenvalue weighted by molar-refractivity contribution is -0.130. The Bertz CT molecular complexity index is 2140. The molecule has 1 atom stereocenters. The molecule has 1 unspecified atom stereocenters. The van der Waals surface area contributed by atoms with Crippen molar-refractivity contribution in [3.05, 3.63) is 90.2 Å². The second kappa shape index (κ2) is 13.2. The molecule has 2 aromatic heterocycles. The van der Waals surface area contributed by atoms with E-state index in [1.165, 1.54) is 46.3 Å². The van der Waals surface area contributed by atoms with Crippen LogP contribution in [0, 0.1) is 18.6 Å². The Labute approximate surface area is 284 Å². The fraction of sp³-hybridized carbons (Fsp3) is 0.353. The zero-order valence-electron chi connectivity index (χ0n) is 27.6. The number of hydrogen-bond acceptors (Lipinski definition) is 8. The highest BCUT2D eigenvalue weighted by atomic mass is 35.5. The van der Waals surface area contributed by atoms with Crippen molar-refractivity contribution in [3.63, 3.8) is 0 Å². The summed E-state index contributed by atoms with van der Waals surface area (Å²) in [6.45, 7) is 5.80. The van der Waals surface area contributed by atoms with E-state index in [4.69, 9.17) is 21.3 Å². The first-order valence-electron chi connectivity index (χ1n) is 15.6. The molecule has 2 aromatic carbocycles. The fourth-order valence-electron chi connectivity index (χ4n) is 6.71. The molecular weight excluding hydrogens is 660 g/mol. The Morgan fingerprint density at radius 1 is 1.02 bits per heavy atom. The summed E-state index contributed by atoms with van der Waals surface area (Å²) in [5.74, 6) is -2.06. The van der Waals surface area contributed by atoms with Crippen molar-refractivity contribution in [2.45, 2.75) is 32.7 Å². The average molecular weight is 694 g/mol. The number of carbonyl (C=O) groups is 2. The van der Waals surface area contributed by atoms with Gasteiger partial charge in [0.2, 0.25) is 17.5 Å². The number of carbonyl (C=O) groups excluding carboxylic acids is 2. The van der Waals surface area contributed by atoms with E-state index in [-0.39, 0.29) is 39.3 Å². The molecule has 12 nitrogen and oxygen atoms in total. The third-order valence-corrected chi connectivity index (χ3v) is 9.73. The molecule has 1 fully saturated rings. The van der Waals surface area contributed by atoms with E-state index in [1.807, 2.05) is 11.0 Å². The van der Waals surface area contributed by atoms with E-state index in [0.717, 1.165) is 52.4 Å². The van der Waals surface area contributed by atoms with Crippen LogP contribution in [-0.2, 0) is 25.3 Å². The van der Waals surface area contributed by atoms with Gasteiger partial charge in [-0.25, -0.2) is 23.2 Å². The Morgan fingerprint density at radius 2 is 1.69 bits per heavy atom. The molecule has 15 heteroatoms. The van der Waals surface area contributed by atoms with Crippen molar-refractivity contribution in [1.29, 1.82) is 0 Å². The van der Waals surface area contributed by atoms with E-state index in [9.17, 15) is 19.2 Å². The molecular formula is C34H34ClF2N7O5. The van der Waals surface area contributed by atoms with Crippen molar-refractivity contribution in [1.82, 2.24) is 29.1 Å². The van der Waals surface area contributed by atoms with Crippen LogP contribution >= 0.6 is 11.6 Å². The molecule has 0 radical (unpaired) electrons. The van der Waals surface area contributed by atoms with Gasteiger partial charge < -0.3 is 15.0 Å². The van der Waals surface area contributed by atoms with Crippen LogP contribution in [0.3, 0.4) is 0 Å². The van der Waals surface area contributed by atoms with Crippen molar-refractivity contribution < 1.29 is 23.1 Å². The number of aryl methyl sites for hydroxylation is 2. The molecule has 0 spiro atoms. The van der Waals surface area contributed by atoms with Gasteiger partial charge in [0, 0.05) is 81.2 Å². The van der Waals surface area contributed by atoms with Crippen LogP contribution in [0.5, 0.6) is 5.88 Å². The number of nitrogens with zero attached hydrogens (tertiary/aromatic N) is 6. The maximum Gasteiger partial charge on any atom is 0.346 e. The first kappa shape index (κ1) is 33.9. The monoisotopic (exact) mass is 693 g/mol. The number of benzene rings is 2. The molecule has 3 heterocycles. The minimum absolute atomic E-state index is 0.0585. The van der Waals surface area contributed by atoms with Gasteiger partial charge in [-0.05, 0) is 61.2 Å². The van der Waals surface area contributed by atoms with Gasteiger partial charge >= 0.3 is 5.69 Å². The molecule has 2 amide bonds. The summed E-state index contributed by atoms with van der Waals surface area (Å²) in [5, 5.41) is 6.22. The maximum atomic E-state index is 15.6. The van der Waals surface area contributed by atoms with E-state index in [2.05, 4.69) is 15.3 Å². The van der Waals surface area contributed by atoms with Crippen LogP contribution in [0.4, 0.5) is 14.5 Å². The van der Waals surface area contributed by atoms with Gasteiger partial charge in [-0.2, -0.15) is 5.10 Å². The normalized spacial score (nSPS) is 16.1. The summed E-state index contributed by atoms with van der Waals surface area (Å²) in [6, 6.07) is 6.94. The Kier molecular flexibility index (Phi) is 9.11. The molecule has 256 valence electrons. The average Bonchev–Trinajstić information content (AvgIpc) is 3.52. The van der Waals surface area contributed by atoms with Gasteiger partial charge in [0.05, 0.1) is 17.8 Å². The van der Waals surface area contributed by atoms with Crippen LogP contribution < -0.4 is 21.3 Å². The highest BCUT2D eigenvalue weighted by Crippen LogP contribution is 2.46. The number of piperazine rings is 1. The number of halogens is 3. The highest BCUT2D eigenvalue weighted by Gasteiger charge is 2.35. The molecule has 1 aliphatic carbocycles. The van der Waals surface area contributed by atoms with Crippen LogP contribution in [0.25, 0.3) is 22.4 Å². The van der Waals surface area contributed by atoms with Crippen LogP contribution in [0.2, 0.25) is 5.02 Å². The van der Waals surface area contributed by atoms with Gasteiger partial charge in [-0.15, -0.1) is 0 Å². The second-order valence-corrected chi connectivity index (χ2v) is 12.5. The van der Waals surface area contributed by atoms with E-state index >= 15 is 8.78 Å². The quantitative estimate of drug-likeness (QED) is 0.322. The third-order valence-electron chi connectivity index (χ3n) is 9.34. The van der Waals surface area contributed by atoms with Gasteiger partial charge in [-0.1, -0.05) is 11.6 Å². The predicted molar refractivity (Wildman–Crippen MR) is 179 cm³/mol. The standard InChI is InChI=1S/C34H34ClF2N7O5/c1-17-23(38-31(46)30-33(47)41(3)34(48)42(4)40-30)10-9-21(36)26(17)28-22(37)8-7-20(29(28)35)24-16-19-6-11-25(27(19)32(39-24)49-5)44-14-12-43(13-15-44)18(2)45/h7-10,16,25H,6,11-15H2,1-5H3,(H,38,46). The van der Waals surface area contributed by atoms with Gasteiger partial charge in [0.1, 0.15) is 11.6 Å². The zero-order chi connectivity index (χ0) is 35.3. The first-order valence-corrected chi connectivity index (χ1v) is 16.0. The lowest BCUT2D eigenvalue weighted by Gasteiger charge is -2.38. The van der Waals surface area contributed by atoms with Crippen LogP contribution in [0.1, 0.15) is 46.6 Å². The molecule has 0 bridgehead atoms. The van der Waals surface area contributed by atoms with Gasteiger partial charge in [0.15, 0.2) is 0 Å². The highest BCUT2D eigenvalue weighted by molar-refractivity contribution is 6.36. The molecule has 4 aromatic rings. The predicted octanol–water partition coefficient (Wildman–Crippen LogP) is 3.86. The minimum atomic E-state index is -0.939. The van der Waals surface area contributed by atoms with Crippen LogP contribution in [0.15, 0.2) is 39.9 Å². The Balaban J connectivity index is 1.36. The van der Waals surface area contributed by atoms with Gasteiger partial charge in [0.25, 0.3) is 11.5 Å². The second-order valence-electron chi connectivity index (χ2n) is 12.1. The maximum absolute atomic E-state index is 15.6. The van der Waals surface area contributed by atoms with Crippen molar-refractivity contribution in [2.75, 3.05) is 38.6 Å². The number of fused-ring (bicyclic) bond motifs is 1. The molecule has 49 heavy (non-hydrogen) atoms. The third kappa shape index (κ3) is 5.99. The molecule has 1 N–H and O–H groups in total. The lowest BCUT2D eigenvalue weighted by atomic mass is 9.94. The Hall–Kier alpha value is -4.95. The fourth-order valence-corrected chi connectivity index (χ4v) is 7.06.